The van der Waals surface area contributed by atoms with Gasteiger partial charge in [0.05, 0.1) is 16.5 Å². The number of nitrogens with one attached hydrogen (secondary N) is 1. The normalized spacial score (nSPS) is 13.8. The van der Waals surface area contributed by atoms with Crippen LogP contribution in [0, 0.1) is 18.3 Å². The second-order valence-electron chi connectivity index (χ2n) is 7.81. The van der Waals surface area contributed by atoms with E-state index in [0.29, 0.717) is 29.0 Å². The van der Waals surface area contributed by atoms with Gasteiger partial charge in [0.15, 0.2) is 0 Å². The Morgan fingerprint density at radius 1 is 1.09 bits per heavy atom. The van der Waals surface area contributed by atoms with Crippen molar-refractivity contribution in [1.82, 2.24) is 9.62 Å². The lowest BCUT2D eigenvalue weighted by Crippen LogP contribution is -2.32. The van der Waals surface area contributed by atoms with Gasteiger partial charge in [0, 0.05) is 30.8 Å². The van der Waals surface area contributed by atoms with Gasteiger partial charge in [-0.2, -0.15) is 9.57 Å². The highest BCUT2D eigenvalue weighted by Gasteiger charge is 2.28. The van der Waals surface area contributed by atoms with Gasteiger partial charge in [-0.25, -0.2) is 8.42 Å². The number of fused-ring (bicyclic) bond motifs is 1. The number of hydrogen-bond donors (Lipinski definition) is 1. The Labute approximate surface area is 193 Å². The Balaban J connectivity index is 1.52. The number of amides is 1. The number of hydrogen-bond acceptors (Lipinski definition) is 5. The van der Waals surface area contributed by atoms with Gasteiger partial charge in [0.1, 0.15) is 12.4 Å². The lowest BCUT2D eigenvalue weighted by atomic mass is 10.1. The second-order valence-corrected chi connectivity index (χ2v) is 9.75. The Morgan fingerprint density at radius 2 is 1.82 bits per heavy atom. The largest absolute Gasteiger partial charge is 0.492 e. The zero-order valence-corrected chi connectivity index (χ0v) is 18.9. The number of carbonyl (C=O) groups is 1. The number of aryl methyl sites for hydroxylation is 1. The molecule has 0 bridgehead atoms. The highest BCUT2D eigenvalue weighted by Crippen LogP contribution is 2.28. The van der Waals surface area contributed by atoms with Crippen molar-refractivity contribution < 1.29 is 17.9 Å². The summed E-state index contributed by atoms with van der Waals surface area (Å²) in [5.41, 5.74) is 3.58. The third kappa shape index (κ3) is 5.06. The molecule has 0 atom stereocenters. The van der Waals surface area contributed by atoms with E-state index in [9.17, 15) is 13.2 Å². The van der Waals surface area contributed by atoms with Crippen LogP contribution in [0.3, 0.4) is 0 Å². The van der Waals surface area contributed by atoms with Gasteiger partial charge in [-0.3, -0.25) is 4.79 Å². The average Bonchev–Trinajstić information content (AvgIpc) is 3.06. The quantitative estimate of drug-likeness (QED) is 0.628. The van der Waals surface area contributed by atoms with Crippen LogP contribution in [0.1, 0.15) is 32.6 Å². The van der Waals surface area contributed by atoms with Crippen LogP contribution in [0.15, 0.2) is 71.6 Å². The minimum absolute atomic E-state index is 0.0801. The summed E-state index contributed by atoms with van der Waals surface area (Å²) in [5, 5.41) is 11.8. The zero-order valence-electron chi connectivity index (χ0n) is 18.1. The molecule has 1 amide bonds. The highest BCUT2D eigenvalue weighted by molar-refractivity contribution is 7.89. The van der Waals surface area contributed by atoms with Gasteiger partial charge < -0.3 is 10.1 Å². The first-order valence-corrected chi connectivity index (χ1v) is 11.9. The van der Waals surface area contributed by atoms with Crippen molar-refractivity contribution in [2.45, 2.75) is 24.9 Å². The molecule has 0 spiro atoms. The van der Waals surface area contributed by atoms with Crippen molar-refractivity contribution >= 4 is 15.9 Å². The summed E-state index contributed by atoms with van der Waals surface area (Å²) < 4.78 is 33.4. The van der Waals surface area contributed by atoms with E-state index in [1.807, 2.05) is 37.3 Å². The lowest BCUT2D eigenvalue weighted by Gasteiger charge is -2.19. The SMILES string of the molecule is Cc1ccc(CNC(=O)c2ccc3c(c2)CN(S(=O)(=O)c2ccc(C#N)cc2)CCO3)cc1. The molecule has 0 unspecified atom stereocenters. The first kappa shape index (κ1) is 22.5. The van der Waals surface area contributed by atoms with Gasteiger partial charge in [-0.15, -0.1) is 0 Å². The Bertz CT molecular complexity index is 1310. The molecule has 33 heavy (non-hydrogen) atoms. The number of rotatable bonds is 5. The molecule has 0 radical (unpaired) electrons. The summed E-state index contributed by atoms with van der Waals surface area (Å²) in [6.45, 7) is 2.85. The molecule has 0 fully saturated rings. The Morgan fingerprint density at radius 3 is 2.52 bits per heavy atom. The molecular weight excluding hydrogens is 438 g/mol. The summed E-state index contributed by atoms with van der Waals surface area (Å²) in [5.74, 6) is 0.312. The third-order valence-electron chi connectivity index (χ3n) is 5.46. The summed E-state index contributed by atoms with van der Waals surface area (Å²) >= 11 is 0. The lowest BCUT2D eigenvalue weighted by molar-refractivity contribution is 0.0950. The van der Waals surface area contributed by atoms with Crippen LogP contribution < -0.4 is 10.1 Å². The molecule has 3 aromatic carbocycles. The van der Waals surface area contributed by atoms with Crippen LogP contribution in [0.2, 0.25) is 0 Å². The molecule has 1 N–H and O–H groups in total. The second kappa shape index (κ2) is 9.45. The molecule has 0 saturated carbocycles. The van der Waals surface area contributed by atoms with Gasteiger partial charge in [0.25, 0.3) is 5.91 Å². The maximum absolute atomic E-state index is 13.2. The monoisotopic (exact) mass is 461 g/mol. The van der Waals surface area contributed by atoms with Gasteiger partial charge in [-0.1, -0.05) is 29.8 Å². The smallest absolute Gasteiger partial charge is 0.251 e. The molecule has 8 heteroatoms. The van der Waals surface area contributed by atoms with Crippen LogP contribution in [-0.2, 0) is 23.1 Å². The molecule has 168 valence electrons. The fourth-order valence-electron chi connectivity index (χ4n) is 3.56. The highest BCUT2D eigenvalue weighted by atomic mass is 32.2. The van der Waals surface area contributed by atoms with Crippen LogP contribution in [0.4, 0.5) is 0 Å². The predicted octanol–water partition coefficient (Wildman–Crippen LogP) is 3.38. The number of nitriles is 1. The first-order chi connectivity index (χ1) is 15.9. The number of ether oxygens (including phenoxy) is 1. The molecule has 1 heterocycles. The molecule has 0 aliphatic carbocycles. The minimum Gasteiger partial charge on any atom is -0.492 e. The van der Waals surface area contributed by atoms with Crippen LogP contribution in [-0.4, -0.2) is 31.8 Å². The zero-order chi connectivity index (χ0) is 23.4. The summed E-state index contributed by atoms with van der Waals surface area (Å²) in [6, 6.07) is 20.7. The fraction of sp³-hybridized carbons (Fsp3) is 0.200. The summed E-state index contributed by atoms with van der Waals surface area (Å²) in [4.78, 5) is 12.8. The molecule has 1 aliphatic heterocycles. The van der Waals surface area contributed by atoms with E-state index in [0.717, 1.165) is 11.1 Å². The van der Waals surface area contributed by atoms with Crippen LogP contribution in [0.5, 0.6) is 5.75 Å². The minimum atomic E-state index is -3.79. The van der Waals surface area contributed by atoms with E-state index in [-0.39, 0.29) is 30.5 Å². The van der Waals surface area contributed by atoms with Crippen molar-refractivity contribution in [2.24, 2.45) is 0 Å². The van der Waals surface area contributed by atoms with E-state index in [1.165, 1.54) is 28.6 Å². The maximum atomic E-state index is 13.2. The van der Waals surface area contributed by atoms with E-state index in [4.69, 9.17) is 10.00 Å². The fourth-order valence-corrected chi connectivity index (χ4v) is 4.96. The number of carbonyl (C=O) groups excluding carboxylic acids is 1. The van der Waals surface area contributed by atoms with Gasteiger partial charge in [0.2, 0.25) is 10.0 Å². The molecule has 1 aliphatic rings. The molecule has 0 saturated heterocycles. The van der Waals surface area contributed by atoms with Crippen molar-refractivity contribution in [3.05, 3.63) is 94.5 Å². The standard InChI is InChI=1S/C25H23N3O4S/c1-18-2-4-20(5-3-18)16-27-25(29)21-8-11-24-22(14-21)17-28(12-13-32-24)33(30,31)23-9-6-19(15-26)7-10-23/h2-11,14H,12-13,16-17H2,1H3,(H,27,29). The average molecular weight is 462 g/mol. The Kier molecular flexibility index (Phi) is 6.45. The Hall–Kier alpha value is -3.67. The molecule has 7 nitrogen and oxygen atoms in total. The topological polar surface area (TPSA) is 99.5 Å². The van der Waals surface area contributed by atoms with Crippen molar-refractivity contribution in [2.75, 3.05) is 13.2 Å². The van der Waals surface area contributed by atoms with E-state index < -0.39 is 10.0 Å². The van der Waals surface area contributed by atoms with Crippen molar-refractivity contribution in [3.63, 3.8) is 0 Å². The van der Waals surface area contributed by atoms with Gasteiger partial charge >= 0.3 is 0 Å². The van der Waals surface area contributed by atoms with Crippen LogP contribution in [0.25, 0.3) is 0 Å². The van der Waals surface area contributed by atoms with E-state index >= 15 is 0 Å². The van der Waals surface area contributed by atoms with E-state index in [1.54, 1.807) is 18.2 Å². The first-order valence-electron chi connectivity index (χ1n) is 10.5. The number of benzene rings is 3. The third-order valence-corrected chi connectivity index (χ3v) is 7.32. The molecule has 4 rings (SSSR count). The maximum Gasteiger partial charge on any atom is 0.251 e. The molecule has 0 aromatic heterocycles. The molecular formula is C25H23N3O4S. The van der Waals surface area contributed by atoms with Crippen molar-refractivity contribution in [1.29, 1.82) is 5.26 Å². The number of sulfonamides is 1. The van der Waals surface area contributed by atoms with Crippen LogP contribution >= 0.6 is 0 Å². The molecule has 3 aromatic rings. The summed E-state index contributed by atoms with van der Waals surface area (Å²) in [6.07, 6.45) is 0. The number of nitrogens with zero attached hydrogens (tertiary/aromatic N) is 2. The van der Waals surface area contributed by atoms with Gasteiger partial charge in [-0.05, 0) is 55.0 Å². The summed E-state index contributed by atoms with van der Waals surface area (Å²) in [7, 11) is -3.79. The predicted molar refractivity (Wildman–Crippen MR) is 123 cm³/mol. The van der Waals surface area contributed by atoms with Crippen molar-refractivity contribution in [3.8, 4) is 11.8 Å². The van der Waals surface area contributed by atoms with E-state index in [2.05, 4.69) is 5.32 Å².